The number of imide groups is 2. The molecular formula is C21H22F2N4O4. The molecule has 3 aliphatic heterocycles. The topological polar surface area (TPSA) is 108 Å². The van der Waals surface area contributed by atoms with Crippen LogP contribution in [0.2, 0.25) is 0 Å². The molecule has 0 bridgehead atoms. The highest BCUT2D eigenvalue weighted by Crippen LogP contribution is 2.64. The van der Waals surface area contributed by atoms with Crippen LogP contribution >= 0.6 is 0 Å². The fourth-order valence-corrected chi connectivity index (χ4v) is 4.91. The summed E-state index contributed by atoms with van der Waals surface area (Å²) in [6.07, 6.45) is 0.570. The highest BCUT2D eigenvalue weighted by molar-refractivity contribution is 6.23. The molecule has 3 unspecified atom stereocenters. The Kier molecular flexibility index (Phi) is 4.49. The van der Waals surface area contributed by atoms with Crippen LogP contribution in [0.15, 0.2) is 18.2 Å². The van der Waals surface area contributed by atoms with Gasteiger partial charge in [-0.3, -0.25) is 29.4 Å². The molecule has 4 aliphatic rings. The Morgan fingerprint density at radius 1 is 1.13 bits per heavy atom. The molecule has 3 fully saturated rings. The van der Waals surface area contributed by atoms with Gasteiger partial charge in [-0.2, -0.15) is 0 Å². The first kappa shape index (κ1) is 20.2. The minimum Gasteiger partial charge on any atom is -0.312 e. The Morgan fingerprint density at radius 2 is 1.87 bits per heavy atom. The standard InChI is InChI=1S/C21H22F2N4O4/c22-21(23)9-20(21)6-12(25-10-20)8-24-7-11-1-2-13-14(5-11)19(31)27(18(13)30)15-3-4-16(28)26-17(15)29/h1-2,5,12,15,24-25H,3-4,6-10H2,(H,26,28,29). The van der Waals surface area contributed by atoms with Gasteiger partial charge in [-0.1, -0.05) is 6.07 Å². The molecule has 1 spiro atoms. The molecule has 31 heavy (non-hydrogen) atoms. The van der Waals surface area contributed by atoms with Crippen molar-refractivity contribution in [2.75, 3.05) is 13.1 Å². The summed E-state index contributed by atoms with van der Waals surface area (Å²) < 4.78 is 27.0. The van der Waals surface area contributed by atoms with Crippen LogP contribution in [0.4, 0.5) is 8.78 Å². The molecule has 3 heterocycles. The van der Waals surface area contributed by atoms with Crippen LogP contribution in [0.5, 0.6) is 0 Å². The number of nitrogens with zero attached hydrogens (tertiary/aromatic N) is 1. The number of rotatable bonds is 5. The van der Waals surface area contributed by atoms with Gasteiger partial charge in [0.2, 0.25) is 11.8 Å². The number of benzene rings is 1. The van der Waals surface area contributed by atoms with Crippen molar-refractivity contribution >= 4 is 23.6 Å². The molecule has 1 aliphatic carbocycles. The van der Waals surface area contributed by atoms with Gasteiger partial charge < -0.3 is 10.6 Å². The maximum absolute atomic E-state index is 13.5. The molecule has 3 atom stereocenters. The van der Waals surface area contributed by atoms with E-state index >= 15 is 0 Å². The summed E-state index contributed by atoms with van der Waals surface area (Å²) >= 11 is 0. The quantitative estimate of drug-likeness (QED) is 0.587. The van der Waals surface area contributed by atoms with Crippen LogP contribution in [0.1, 0.15) is 52.0 Å². The number of amides is 4. The zero-order chi connectivity index (χ0) is 22.0. The molecule has 1 aromatic carbocycles. The summed E-state index contributed by atoms with van der Waals surface area (Å²) in [6.45, 7) is 1.26. The summed E-state index contributed by atoms with van der Waals surface area (Å²) in [6, 6.07) is 3.88. The van der Waals surface area contributed by atoms with E-state index in [2.05, 4.69) is 16.0 Å². The van der Waals surface area contributed by atoms with E-state index < -0.39 is 41.0 Å². The largest absolute Gasteiger partial charge is 0.312 e. The number of nitrogens with one attached hydrogen (secondary N) is 3. The minimum absolute atomic E-state index is 0.0333. The van der Waals surface area contributed by atoms with Crippen LogP contribution in [0, 0.1) is 5.41 Å². The number of halogens is 2. The molecule has 2 saturated heterocycles. The number of hydrogen-bond donors (Lipinski definition) is 3. The average molecular weight is 432 g/mol. The van der Waals surface area contributed by atoms with Crippen LogP contribution in [0.3, 0.4) is 0 Å². The normalized spacial score (nSPS) is 31.4. The zero-order valence-electron chi connectivity index (χ0n) is 16.7. The number of alkyl halides is 2. The molecule has 1 aromatic rings. The minimum atomic E-state index is -2.56. The summed E-state index contributed by atoms with van der Waals surface area (Å²) in [5.41, 5.74) is 0.354. The average Bonchev–Trinajstić information content (AvgIpc) is 2.97. The van der Waals surface area contributed by atoms with Crippen molar-refractivity contribution in [3.8, 4) is 0 Å². The Morgan fingerprint density at radius 3 is 2.55 bits per heavy atom. The third kappa shape index (κ3) is 3.25. The second-order valence-electron chi connectivity index (χ2n) is 8.90. The molecular weight excluding hydrogens is 410 g/mol. The SMILES string of the molecule is O=C1CCC(N2C(=O)c3ccc(CNCC4CC5(CN4)CC5(F)F)cc3C2=O)C(=O)N1. The van der Waals surface area contributed by atoms with Crippen LogP contribution in [-0.2, 0) is 16.1 Å². The van der Waals surface area contributed by atoms with Crippen molar-refractivity contribution < 1.29 is 28.0 Å². The molecule has 4 amide bonds. The van der Waals surface area contributed by atoms with E-state index in [1.165, 1.54) is 0 Å². The lowest BCUT2D eigenvalue weighted by Gasteiger charge is -2.27. The van der Waals surface area contributed by atoms with Gasteiger partial charge in [0.15, 0.2) is 0 Å². The second-order valence-corrected chi connectivity index (χ2v) is 8.90. The van der Waals surface area contributed by atoms with E-state index in [1.807, 2.05) is 0 Å². The predicted octanol–water partition coefficient (Wildman–Crippen LogP) is 0.565. The highest BCUT2D eigenvalue weighted by Gasteiger charge is 2.72. The van der Waals surface area contributed by atoms with Crippen molar-refractivity contribution in [1.82, 2.24) is 20.9 Å². The van der Waals surface area contributed by atoms with Gasteiger partial charge in [-0.05, 0) is 30.5 Å². The third-order valence-electron chi connectivity index (χ3n) is 6.80. The first-order valence-corrected chi connectivity index (χ1v) is 10.4. The predicted molar refractivity (Wildman–Crippen MR) is 103 cm³/mol. The Bertz CT molecular complexity index is 1010. The molecule has 164 valence electrons. The summed E-state index contributed by atoms with van der Waals surface area (Å²) in [5, 5.41) is 8.54. The van der Waals surface area contributed by atoms with Gasteiger partial charge in [0.05, 0.1) is 16.5 Å². The number of carbonyl (C=O) groups excluding carboxylic acids is 4. The third-order valence-corrected chi connectivity index (χ3v) is 6.80. The number of fused-ring (bicyclic) bond motifs is 1. The van der Waals surface area contributed by atoms with Crippen LogP contribution in [0.25, 0.3) is 0 Å². The zero-order valence-corrected chi connectivity index (χ0v) is 16.7. The fraction of sp³-hybridized carbons (Fsp3) is 0.524. The van der Waals surface area contributed by atoms with E-state index in [9.17, 15) is 28.0 Å². The van der Waals surface area contributed by atoms with Crippen LogP contribution in [-0.4, -0.2) is 59.6 Å². The smallest absolute Gasteiger partial charge is 0.262 e. The monoisotopic (exact) mass is 432 g/mol. The molecule has 10 heteroatoms. The van der Waals surface area contributed by atoms with Crippen molar-refractivity contribution in [3.63, 3.8) is 0 Å². The molecule has 3 N–H and O–H groups in total. The molecule has 8 nitrogen and oxygen atoms in total. The fourth-order valence-electron chi connectivity index (χ4n) is 4.91. The molecule has 0 radical (unpaired) electrons. The van der Waals surface area contributed by atoms with Gasteiger partial charge in [-0.25, -0.2) is 8.78 Å². The summed E-state index contributed by atoms with van der Waals surface area (Å²) in [4.78, 5) is 50.0. The molecule has 5 rings (SSSR count). The van der Waals surface area contributed by atoms with Gasteiger partial charge in [-0.15, -0.1) is 0 Å². The van der Waals surface area contributed by atoms with Crippen molar-refractivity contribution in [2.45, 2.75) is 50.2 Å². The van der Waals surface area contributed by atoms with Gasteiger partial charge in [0, 0.05) is 38.5 Å². The molecule has 1 saturated carbocycles. The lowest BCUT2D eigenvalue weighted by molar-refractivity contribution is -0.136. The van der Waals surface area contributed by atoms with Crippen molar-refractivity contribution in [1.29, 1.82) is 0 Å². The second kappa shape index (κ2) is 6.89. The van der Waals surface area contributed by atoms with Crippen molar-refractivity contribution in [3.05, 3.63) is 34.9 Å². The van der Waals surface area contributed by atoms with E-state index in [4.69, 9.17) is 0 Å². The highest BCUT2D eigenvalue weighted by atomic mass is 19.3. The van der Waals surface area contributed by atoms with Gasteiger partial charge in [0.1, 0.15) is 6.04 Å². The van der Waals surface area contributed by atoms with Crippen molar-refractivity contribution in [2.24, 2.45) is 5.41 Å². The lowest BCUT2D eigenvalue weighted by atomic mass is 10.0. The van der Waals surface area contributed by atoms with E-state index in [-0.39, 0.29) is 36.4 Å². The maximum atomic E-state index is 13.5. The number of hydrogen-bond acceptors (Lipinski definition) is 6. The number of piperidine rings is 1. The van der Waals surface area contributed by atoms with E-state index in [0.717, 1.165) is 10.5 Å². The van der Waals surface area contributed by atoms with E-state index in [1.54, 1.807) is 18.2 Å². The van der Waals surface area contributed by atoms with Gasteiger partial charge in [0.25, 0.3) is 17.7 Å². The first-order valence-electron chi connectivity index (χ1n) is 10.4. The Balaban J connectivity index is 1.21. The Labute approximate surface area is 176 Å². The van der Waals surface area contributed by atoms with Crippen LogP contribution < -0.4 is 16.0 Å². The Hall–Kier alpha value is -2.72. The first-order chi connectivity index (χ1) is 14.7. The summed E-state index contributed by atoms with van der Waals surface area (Å²) in [7, 11) is 0. The number of carbonyl (C=O) groups is 4. The summed E-state index contributed by atoms with van der Waals surface area (Å²) in [5.74, 6) is -4.71. The van der Waals surface area contributed by atoms with E-state index in [0.29, 0.717) is 26.1 Å². The lowest BCUT2D eigenvalue weighted by Crippen LogP contribution is -2.54. The maximum Gasteiger partial charge on any atom is 0.262 e. The van der Waals surface area contributed by atoms with Gasteiger partial charge >= 0.3 is 0 Å². The molecule has 0 aromatic heterocycles.